The minimum atomic E-state index is -1.63. The van der Waals surface area contributed by atoms with Gasteiger partial charge < -0.3 is 15.7 Å². The zero-order valence-electron chi connectivity index (χ0n) is 11.3. The van der Waals surface area contributed by atoms with Crippen molar-refractivity contribution in [2.45, 2.75) is 19.8 Å². The molecule has 116 valence electrons. The number of carbonyl (C=O) groups is 2. The molecule has 0 saturated heterocycles. The molecule has 1 aromatic rings. The smallest absolute Gasteiger partial charge is 0.319 e. The second-order valence-electron chi connectivity index (χ2n) is 4.41. The molecule has 21 heavy (non-hydrogen) atoms. The predicted octanol–water partition coefficient (Wildman–Crippen LogP) is 2.73. The lowest BCUT2D eigenvalue weighted by Crippen LogP contribution is -2.35. The fourth-order valence-electron chi connectivity index (χ4n) is 1.68. The number of halogens is 3. The van der Waals surface area contributed by atoms with E-state index in [0.29, 0.717) is 25.0 Å². The van der Waals surface area contributed by atoms with E-state index in [1.54, 1.807) is 6.92 Å². The van der Waals surface area contributed by atoms with Gasteiger partial charge in [0.15, 0.2) is 17.5 Å². The Hall–Kier alpha value is -2.25. The van der Waals surface area contributed by atoms with Gasteiger partial charge in [-0.2, -0.15) is 0 Å². The summed E-state index contributed by atoms with van der Waals surface area (Å²) in [4.78, 5) is 22.4. The van der Waals surface area contributed by atoms with E-state index in [2.05, 4.69) is 10.6 Å². The molecule has 0 aliphatic rings. The van der Waals surface area contributed by atoms with Crippen molar-refractivity contribution in [3.63, 3.8) is 0 Å². The topological polar surface area (TPSA) is 78.4 Å². The summed E-state index contributed by atoms with van der Waals surface area (Å²) in [5.74, 6) is -6.28. The molecular weight excluding hydrogens is 289 g/mol. The number of rotatable bonds is 6. The molecule has 0 saturated carbocycles. The first kappa shape index (κ1) is 16.8. The summed E-state index contributed by atoms with van der Waals surface area (Å²) >= 11 is 0. The maximum absolute atomic E-state index is 12.9. The third-order valence-corrected chi connectivity index (χ3v) is 2.74. The molecule has 0 aliphatic carbocycles. The van der Waals surface area contributed by atoms with Gasteiger partial charge in [0.05, 0.1) is 5.92 Å². The minimum Gasteiger partial charge on any atom is -0.481 e. The standard InChI is InChI=1S/C13H15F3N2O3/c1-2-3-7(12(19)20)6-17-13(21)18-8-4-9(14)11(16)10(15)5-8/h4-5,7H,2-3,6H2,1H3,(H,19,20)(H2,17,18,21). The lowest BCUT2D eigenvalue weighted by atomic mass is 10.0. The zero-order valence-corrected chi connectivity index (χ0v) is 11.3. The molecule has 1 unspecified atom stereocenters. The van der Waals surface area contributed by atoms with E-state index in [4.69, 9.17) is 5.11 Å². The number of benzene rings is 1. The van der Waals surface area contributed by atoms with Crippen molar-refractivity contribution in [3.8, 4) is 0 Å². The van der Waals surface area contributed by atoms with Crippen LogP contribution in [-0.4, -0.2) is 23.7 Å². The maximum atomic E-state index is 12.9. The van der Waals surface area contributed by atoms with E-state index < -0.39 is 35.4 Å². The van der Waals surface area contributed by atoms with Crippen LogP contribution in [0.5, 0.6) is 0 Å². The molecule has 8 heteroatoms. The van der Waals surface area contributed by atoms with Crippen molar-refractivity contribution >= 4 is 17.7 Å². The predicted molar refractivity (Wildman–Crippen MR) is 69.4 cm³/mol. The summed E-state index contributed by atoms with van der Waals surface area (Å²) in [6, 6.07) is 0.417. The number of carbonyl (C=O) groups excluding carboxylic acids is 1. The van der Waals surface area contributed by atoms with Crippen LogP contribution in [0.4, 0.5) is 23.7 Å². The monoisotopic (exact) mass is 304 g/mol. The number of urea groups is 1. The van der Waals surface area contributed by atoms with Crippen molar-refractivity contribution < 1.29 is 27.9 Å². The molecule has 0 heterocycles. The Balaban J connectivity index is 2.60. The summed E-state index contributed by atoms with van der Waals surface area (Å²) in [6.45, 7) is 1.68. The third-order valence-electron chi connectivity index (χ3n) is 2.74. The Morgan fingerprint density at radius 2 is 1.81 bits per heavy atom. The van der Waals surface area contributed by atoms with E-state index in [9.17, 15) is 22.8 Å². The Kier molecular flexibility index (Phi) is 6.01. The van der Waals surface area contributed by atoms with Crippen LogP contribution in [-0.2, 0) is 4.79 Å². The molecular formula is C13H15F3N2O3. The second-order valence-corrected chi connectivity index (χ2v) is 4.41. The highest BCUT2D eigenvalue weighted by atomic mass is 19.2. The maximum Gasteiger partial charge on any atom is 0.319 e. The summed E-state index contributed by atoms with van der Waals surface area (Å²) in [7, 11) is 0. The minimum absolute atomic E-state index is 0.124. The summed E-state index contributed by atoms with van der Waals surface area (Å²) in [5, 5.41) is 13.3. The van der Waals surface area contributed by atoms with Crippen LogP contribution in [0.2, 0.25) is 0 Å². The van der Waals surface area contributed by atoms with Crippen molar-refractivity contribution in [1.29, 1.82) is 0 Å². The molecule has 0 bridgehead atoms. The van der Waals surface area contributed by atoms with Gasteiger partial charge in [-0.3, -0.25) is 4.79 Å². The molecule has 0 spiro atoms. The Bertz CT molecular complexity index is 514. The zero-order chi connectivity index (χ0) is 16.0. The highest BCUT2D eigenvalue weighted by Gasteiger charge is 2.17. The van der Waals surface area contributed by atoms with E-state index in [-0.39, 0.29) is 12.2 Å². The molecule has 5 nitrogen and oxygen atoms in total. The number of carboxylic acid groups (broad SMARTS) is 1. The fourth-order valence-corrected chi connectivity index (χ4v) is 1.68. The van der Waals surface area contributed by atoms with Crippen molar-refractivity contribution in [2.75, 3.05) is 11.9 Å². The first-order valence-corrected chi connectivity index (χ1v) is 6.27. The lowest BCUT2D eigenvalue weighted by molar-refractivity contribution is -0.141. The van der Waals surface area contributed by atoms with Crippen LogP contribution in [0.25, 0.3) is 0 Å². The van der Waals surface area contributed by atoms with E-state index in [1.165, 1.54) is 0 Å². The molecule has 0 radical (unpaired) electrons. The van der Waals surface area contributed by atoms with E-state index in [1.807, 2.05) is 0 Å². The normalized spacial score (nSPS) is 11.8. The summed E-state index contributed by atoms with van der Waals surface area (Å²) in [6.07, 6.45) is 1.02. The Morgan fingerprint density at radius 1 is 1.24 bits per heavy atom. The number of hydrogen-bond acceptors (Lipinski definition) is 2. The number of nitrogens with one attached hydrogen (secondary N) is 2. The van der Waals surface area contributed by atoms with Gasteiger partial charge in [0.1, 0.15) is 0 Å². The second kappa shape index (κ2) is 7.51. The Morgan fingerprint density at radius 3 is 2.29 bits per heavy atom. The molecule has 1 atom stereocenters. The van der Waals surface area contributed by atoms with E-state index in [0.717, 1.165) is 0 Å². The molecule has 0 aliphatic heterocycles. The number of aliphatic carboxylic acids is 1. The molecule has 1 rings (SSSR count). The van der Waals surface area contributed by atoms with Crippen LogP contribution < -0.4 is 10.6 Å². The quantitative estimate of drug-likeness (QED) is 0.707. The number of hydrogen-bond donors (Lipinski definition) is 3. The summed E-state index contributed by atoms with van der Waals surface area (Å²) < 4.78 is 38.6. The van der Waals surface area contributed by atoms with Gasteiger partial charge in [-0.25, -0.2) is 18.0 Å². The fraction of sp³-hybridized carbons (Fsp3) is 0.385. The van der Waals surface area contributed by atoms with E-state index >= 15 is 0 Å². The van der Waals surface area contributed by atoms with Gasteiger partial charge >= 0.3 is 12.0 Å². The highest BCUT2D eigenvalue weighted by molar-refractivity contribution is 5.89. The number of carboxylic acids is 1. The molecule has 1 aromatic carbocycles. The highest BCUT2D eigenvalue weighted by Crippen LogP contribution is 2.17. The van der Waals surface area contributed by atoms with Gasteiger partial charge in [-0.1, -0.05) is 13.3 Å². The lowest BCUT2D eigenvalue weighted by Gasteiger charge is -2.13. The average molecular weight is 304 g/mol. The van der Waals surface area contributed by atoms with Gasteiger partial charge in [-0.05, 0) is 6.42 Å². The van der Waals surface area contributed by atoms with Crippen LogP contribution in [0.1, 0.15) is 19.8 Å². The van der Waals surface area contributed by atoms with Crippen molar-refractivity contribution in [1.82, 2.24) is 5.32 Å². The van der Waals surface area contributed by atoms with Crippen LogP contribution in [0.3, 0.4) is 0 Å². The molecule has 0 aromatic heterocycles. The van der Waals surface area contributed by atoms with Crippen LogP contribution in [0.15, 0.2) is 12.1 Å². The largest absolute Gasteiger partial charge is 0.481 e. The molecule has 0 fully saturated rings. The van der Waals surface area contributed by atoms with Crippen LogP contribution >= 0.6 is 0 Å². The van der Waals surface area contributed by atoms with Crippen molar-refractivity contribution in [3.05, 3.63) is 29.6 Å². The van der Waals surface area contributed by atoms with Crippen LogP contribution in [0, 0.1) is 23.4 Å². The molecule has 3 N–H and O–H groups in total. The number of anilines is 1. The average Bonchev–Trinajstić information content (AvgIpc) is 2.40. The van der Waals surface area contributed by atoms with Gasteiger partial charge in [0.25, 0.3) is 0 Å². The van der Waals surface area contributed by atoms with Gasteiger partial charge in [-0.15, -0.1) is 0 Å². The van der Waals surface area contributed by atoms with Gasteiger partial charge in [0, 0.05) is 24.4 Å². The van der Waals surface area contributed by atoms with Gasteiger partial charge in [0.2, 0.25) is 0 Å². The molecule has 2 amide bonds. The van der Waals surface area contributed by atoms with Crippen molar-refractivity contribution in [2.24, 2.45) is 5.92 Å². The Labute approximate surface area is 119 Å². The first-order valence-electron chi connectivity index (χ1n) is 6.27. The number of amides is 2. The third kappa shape index (κ3) is 4.97. The SMILES string of the molecule is CCCC(CNC(=O)Nc1cc(F)c(F)c(F)c1)C(=O)O. The summed E-state index contributed by atoms with van der Waals surface area (Å²) in [5.41, 5.74) is -0.272. The first-order chi connectivity index (χ1) is 9.85.